The molecule has 0 unspecified atom stereocenters. The molecule has 0 aliphatic carbocycles. The number of H-pyrrole nitrogens is 1. The largest absolute Gasteiger partial charge is 0.495 e. The standard InChI is InChI=1S/C14H14N2O3S/c1-17-10-4-5-20-13(10)14-15-8-6-11(18-2)12(19-3)7-9(8)16-14/h4-7H,1-3H3,(H,15,16). The third-order valence-corrected chi connectivity index (χ3v) is 3.95. The second kappa shape index (κ2) is 5.05. The summed E-state index contributed by atoms with van der Waals surface area (Å²) >= 11 is 1.58. The molecular weight excluding hydrogens is 276 g/mol. The van der Waals surface area contributed by atoms with E-state index in [1.54, 1.807) is 32.7 Å². The average Bonchev–Trinajstić information content (AvgIpc) is 3.10. The van der Waals surface area contributed by atoms with E-state index >= 15 is 0 Å². The van der Waals surface area contributed by atoms with Gasteiger partial charge in [-0.05, 0) is 11.4 Å². The van der Waals surface area contributed by atoms with Gasteiger partial charge in [-0.15, -0.1) is 11.3 Å². The van der Waals surface area contributed by atoms with Crippen LogP contribution in [0.4, 0.5) is 0 Å². The van der Waals surface area contributed by atoms with Crippen LogP contribution in [0.2, 0.25) is 0 Å². The van der Waals surface area contributed by atoms with Crippen molar-refractivity contribution in [3.05, 3.63) is 23.6 Å². The SMILES string of the molecule is COc1cc2nc(-c3sccc3OC)[nH]c2cc1OC. The highest BCUT2D eigenvalue weighted by Gasteiger charge is 2.14. The average molecular weight is 290 g/mol. The fourth-order valence-electron chi connectivity index (χ4n) is 2.08. The Morgan fingerprint density at radius 2 is 1.70 bits per heavy atom. The van der Waals surface area contributed by atoms with Crippen molar-refractivity contribution in [3.8, 4) is 28.0 Å². The quantitative estimate of drug-likeness (QED) is 0.801. The van der Waals surface area contributed by atoms with Gasteiger partial charge in [0.2, 0.25) is 0 Å². The Morgan fingerprint density at radius 1 is 1.00 bits per heavy atom. The molecule has 0 bridgehead atoms. The van der Waals surface area contributed by atoms with Gasteiger partial charge in [-0.25, -0.2) is 4.98 Å². The van der Waals surface area contributed by atoms with Gasteiger partial charge in [0.25, 0.3) is 0 Å². The predicted octanol–water partition coefficient (Wildman–Crippen LogP) is 3.32. The molecule has 0 fully saturated rings. The van der Waals surface area contributed by atoms with E-state index < -0.39 is 0 Å². The number of ether oxygens (including phenoxy) is 3. The summed E-state index contributed by atoms with van der Waals surface area (Å²) in [6.07, 6.45) is 0. The maximum absolute atomic E-state index is 5.33. The first-order valence-corrected chi connectivity index (χ1v) is 6.88. The first kappa shape index (κ1) is 12.8. The zero-order valence-electron chi connectivity index (χ0n) is 11.4. The number of nitrogens with one attached hydrogen (secondary N) is 1. The molecule has 104 valence electrons. The Hall–Kier alpha value is -2.21. The third-order valence-electron chi connectivity index (χ3n) is 3.05. The number of imidazole rings is 1. The number of fused-ring (bicyclic) bond motifs is 1. The molecule has 0 atom stereocenters. The second-order valence-corrected chi connectivity index (χ2v) is 5.04. The molecule has 0 saturated heterocycles. The van der Waals surface area contributed by atoms with Gasteiger partial charge >= 0.3 is 0 Å². The number of aromatic nitrogens is 2. The van der Waals surface area contributed by atoms with Crippen LogP contribution in [0, 0.1) is 0 Å². The number of benzene rings is 1. The molecule has 1 aromatic carbocycles. The predicted molar refractivity (Wildman–Crippen MR) is 79.1 cm³/mol. The van der Waals surface area contributed by atoms with E-state index in [0.717, 1.165) is 27.5 Å². The van der Waals surface area contributed by atoms with Gasteiger partial charge in [0.1, 0.15) is 10.6 Å². The molecule has 2 aromatic heterocycles. The summed E-state index contributed by atoms with van der Waals surface area (Å²) in [5, 5.41) is 1.97. The summed E-state index contributed by atoms with van der Waals surface area (Å²) < 4.78 is 15.9. The van der Waals surface area contributed by atoms with Crippen LogP contribution in [-0.4, -0.2) is 31.3 Å². The molecule has 3 rings (SSSR count). The Balaban J connectivity index is 2.15. The van der Waals surface area contributed by atoms with E-state index in [0.29, 0.717) is 11.5 Å². The summed E-state index contributed by atoms with van der Waals surface area (Å²) in [6.45, 7) is 0. The number of methoxy groups -OCH3 is 3. The second-order valence-electron chi connectivity index (χ2n) is 4.13. The van der Waals surface area contributed by atoms with E-state index in [-0.39, 0.29) is 0 Å². The molecule has 20 heavy (non-hydrogen) atoms. The molecular formula is C14H14N2O3S. The number of aromatic amines is 1. The number of nitrogens with zero attached hydrogens (tertiary/aromatic N) is 1. The minimum atomic E-state index is 0.663. The maximum Gasteiger partial charge on any atom is 0.163 e. The highest BCUT2D eigenvalue weighted by Crippen LogP contribution is 2.37. The van der Waals surface area contributed by atoms with Crippen molar-refractivity contribution in [2.24, 2.45) is 0 Å². The fourth-order valence-corrected chi connectivity index (χ4v) is 2.88. The van der Waals surface area contributed by atoms with Crippen LogP contribution in [0.15, 0.2) is 23.6 Å². The molecule has 0 aliphatic rings. The number of hydrogen-bond acceptors (Lipinski definition) is 5. The van der Waals surface area contributed by atoms with Crippen molar-refractivity contribution in [2.75, 3.05) is 21.3 Å². The molecule has 2 heterocycles. The summed E-state index contributed by atoms with van der Waals surface area (Å²) in [7, 11) is 4.88. The highest BCUT2D eigenvalue weighted by atomic mass is 32.1. The number of hydrogen-bond donors (Lipinski definition) is 1. The third kappa shape index (κ3) is 1.98. The van der Waals surface area contributed by atoms with Crippen LogP contribution in [0.5, 0.6) is 17.2 Å². The summed E-state index contributed by atoms with van der Waals surface area (Å²) in [5.41, 5.74) is 1.72. The first-order chi connectivity index (χ1) is 9.76. The minimum absolute atomic E-state index is 0.663. The monoisotopic (exact) mass is 290 g/mol. The maximum atomic E-state index is 5.33. The van der Waals surface area contributed by atoms with E-state index in [4.69, 9.17) is 14.2 Å². The van der Waals surface area contributed by atoms with E-state index in [2.05, 4.69) is 9.97 Å². The lowest BCUT2D eigenvalue weighted by Gasteiger charge is -2.06. The topological polar surface area (TPSA) is 56.4 Å². The van der Waals surface area contributed by atoms with Crippen LogP contribution < -0.4 is 14.2 Å². The lowest BCUT2D eigenvalue weighted by atomic mass is 10.3. The van der Waals surface area contributed by atoms with Crippen LogP contribution in [0.3, 0.4) is 0 Å². The van der Waals surface area contributed by atoms with Crippen molar-refractivity contribution in [3.63, 3.8) is 0 Å². The van der Waals surface area contributed by atoms with Crippen molar-refractivity contribution < 1.29 is 14.2 Å². The molecule has 6 heteroatoms. The molecule has 0 amide bonds. The van der Waals surface area contributed by atoms with Crippen LogP contribution in [0.25, 0.3) is 21.7 Å². The van der Waals surface area contributed by atoms with Gasteiger partial charge in [0.05, 0.1) is 32.4 Å². The van der Waals surface area contributed by atoms with E-state index in [9.17, 15) is 0 Å². The zero-order chi connectivity index (χ0) is 14.1. The van der Waals surface area contributed by atoms with Crippen LogP contribution >= 0.6 is 11.3 Å². The molecule has 5 nitrogen and oxygen atoms in total. The van der Waals surface area contributed by atoms with Crippen molar-refractivity contribution in [1.29, 1.82) is 0 Å². The van der Waals surface area contributed by atoms with Gasteiger partial charge in [-0.2, -0.15) is 0 Å². The van der Waals surface area contributed by atoms with Crippen LogP contribution in [-0.2, 0) is 0 Å². The Morgan fingerprint density at radius 3 is 2.40 bits per heavy atom. The van der Waals surface area contributed by atoms with Crippen molar-refractivity contribution in [2.45, 2.75) is 0 Å². The molecule has 0 radical (unpaired) electrons. The van der Waals surface area contributed by atoms with Gasteiger partial charge in [-0.1, -0.05) is 0 Å². The van der Waals surface area contributed by atoms with Gasteiger partial charge in [-0.3, -0.25) is 0 Å². The lowest BCUT2D eigenvalue weighted by molar-refractivity contribution is 0.356. The first-order valence-electron chi connectivity index (χ1n) is 6.00. The van der Waals surface area contributed by atoms with E-state index in [1.807, 2.05) is 23.6 Å². The normalized spacial score (nSPS) is 10.8. The Bertz CT molecular complexity index is 707. The van der Waals surface area contributed by atoms with Crippen molar-refractivity contribution >= 4 is 22.4 Å². The number of rotatable bonds is 4. The molecule has 1 N–H and O–H groups in total. The highest BCUT2D eigenvalue weighted by molar-refractivity contribution is 7.13. The summed E-state index contributed by atoms with van der Waals surface area (Å²) in [4.78, 5) is 8.84. The summed E-state index contributed by atoms with van der Waals surface area (Å²) in [5.74, 6) is 2.93. The summed E-state index contributed by atoms with van der Waals surface area (Å²) in [6, 6.07) is 5.66. The smallest absolute Gasteiger partial charge is 0.163 e. The lowest BCUT2D eigenvalue weighted by Crippen LogP contribution is -1.89. The molecule has 0 aliphatic heterocycles. The van der Waals surface area contributed by atoms with Gasteiger partial charge in [0, 0.05) is 12.1 Å². The Kier molecular flexibility index (Phi) is 3.23. The van der Waals surface area contributed by atoms with E-state index in [1.165, 1.54) is 0 Å². The molecule has 0 spiro atoms. The van der Waals surface area contributed by atoms with Crippen LogP contribution in [0.1, 0.15) is 0 Å². The Labute approximate surface area is 120 Å². The van der Waals surface area contributed by atoms with Gasteiger partial charge < -0.3 is 19.2 Å². The number of thiophene rings is 1. The molecule has 3 aromatic rings. The molecule has 0 saturated carbocycles. The minimum Gasteiger partial charge on any atom is -0.495 e. The fraction of sp³-hybridized carbons (Fsp3) is 0.214. The van der Waals surface area contributed by atoms with Gasteiger partial charge in [0.15, 0.2) is 17.3 Å². The zero-order valence-corrected chi connectivity index (χ0v) is 12.2. The van der Waals surface area contributed by atoms with Crippen molar-refractivity contribution in [1.82, 2.24) is 9.97 Å².